The van der Waals surface area contributed by atoms with Gasteiger partial charge in [-0.3, -0.25) is 0 Å². The lowest BCUT2D eigenvalue weighted by molar-refractivity contribution is 0.210. The predicted molar refractivity (Wildman–Crippen MR) is 82.7 cm³/mol. The van der Waals surface area contributed by atoms with Crippen molar-refractivity contribution >= 4 is 0 Å². The van der Waals surface area contributed by atoms with E-state index >= 15 is 0 Å². The van der Waals surface area contributed by atoms with E-state index in [2.05, 4.69) is 55.2 Å². The molecule has 0 spiro atoms. The van der Waals surface area contributed by atoms with Gasteiger partial charge in [0.25, 0.3) is 0 Å². The zero-order valence-electron chi connectivity index (χ0n) is 12.6. The summed E-state index contributed by atoms with van der Waals surface area (Å²) in [5.74, 6) is 0. The van der Waals surface area contributed by atoms with Crippen molar-refractivity contribution in [3.63, 3.8) is 0 Å². The van der Waals surface area contributed by atoms with Gasteiger partial charge in [0, 0.05) is 25.5 Å². The minimum Gasteiger partial charge on any atom is -0.330 e. The van der Waals surface area contributed by atoms with Crippen molar-refractivity contribution in [2.75, 3.05) is 20.1 Å². The fourth-order valence-electron chi connectivity index (χ4n) is 2.34. The Labute approximate surface area is 121 Å². The van der Waals surface area contributed by atoms with Gasteiger partial charge in [-0.05, 0) is 42.8 Å². The van der Waals surface area contributed by atoms with Crippen molar-refractivity contribution in [3.05, 3.63) is 48.3 Å². The van der Waals surface area contributed by atoms with Crippen LogP contribution in [0.1, 0.15) is 19.4 Å². The van der Waals surface area contributed by atoms with Crippen molar-refractivity contribution in [1.82, 2.24) is 14.7 Å². The maximum atomic E-state index is 5.79. The molecule has 1 aromatic heterocycles. The van der Waals surface area contributed by atoms with E-state index in [0.29, 0.717) is 6.54 Å². The second-order valence-corrected chi connectivity index (χ2v) is 6.16. The number of hydrogen-bond acceptors (Lipinski definition) is 3. The molecule has 0 saturated carbocycles. The average Bonchev–Trinajstić information content (AvgIpc) is 2.93. The largest absolute Gasteiger partial charge is 0.330 e. The highest BCUT2D eigenvalue weighted by Crippen LogP contribution is 2.16. The molecule has 0 saturated heterocycles. The molecule has 0 atom stereocenters. The third-order valence-corrected chi connectivity index (χ3v) is 3.41. The molecule has 0 fully saturated rings. The highest BCUT2D eigenvalue weighted by molar-refractivity contribution is 5.33. The van der Waals surface area contributed by atoms with Crippen LogP contribution < -0.4 is 5.73 Å². The normalized spacial score (nSPS) is 12.1. The summed E-state index contributed by atoms with van der Waals surface area (Å²) in [5, 5.41) is 4.23. The van der Waals surface area contributed by atoms with E-state index in [4.69, 9.17) is 5.73 Å². The molecular formula is C16H24N4. The number of nitrogens with zero attached hydrogens (tertiary/aromatic N) is 3. The minimum atomic E-state index is 0.156. The van der Waals surface area contributed by atoms with Crippen LogP contribution in [-0.2, 0) is 6.54 Å². The molecule has 2 rings (SSSR count). The smallest absolute Gasteiger partial charge is 0.0645 e. The number of benzene rings is 1. The summed E-state index contributed by atoms with van der Waals surface area (Å²) in [7, 11) is 2.14. The molecule has 4 nitrogen and oxygen atoms in total. The van der Waals surface area contributed by atoms with Crippen LogP contribution in [0, 0.1) is 5.41 Å². The van der Waals surface area contributed by atoms with Gasteiger partial charge in [-0.25, -0.2) is 4.68 Å². The second kappa shape index (κ2) is 6.20. The molecule has 0 aliphatic heterocycles. The third kappa shape index (κ3) is 3.92. The SMILES string of the molecule is CN(Cc1ccc(-n2cccn2)cc1)CC(C)(C)CN. The van der Waals surface area contributed by atoms with Gasteiger partial charge < -0.3 is 10.6 Å². The van der Waals surface area contributed by atoms with Crippen LogP contribution in [-0.4, -0.2) is 34.8 Å². The van der Waals surface area contributed by atoms with Crippen LogP contribution in [0.3, 0.4) is 0 Å². The Morgan fingerprint density at radius 2 is 1.95 bits per heavy atom. The zero-order valence-corrected chi connectivity index (χ0v) is 12.6. The number of nitrogens with two attached hydrogens (primary N) is 1. The van der Waals surface area contributed by atoms with E-state index in [1.54, 1.807) is 6.20 Å². The summed E-state index contributed by atoms with van der Waals surface area (Å²) >= 11 is 0. The van der Waals surface area contributed by atoms with Crippen LogP contribution in [0.25, 0.3) is 5.69 Å². The molecule has 4 heteroatoms. The molecule has 0 aliphatic carbocycles. The molecule has 2 aromatic rings. The molecule has 1 heterocycles. The van der Waals surface area contributed by atoms with Gasteiger partial charge in [0.2, 0.25) is 0 Å². The lowest BCUT2D eigenvalue weighted by atomic mass is 9.93. The van der Waals surface area contributed by atoms with Gasteiger partial charge in [0.15, 0.2) is 0 Å². The van der Waals surface area contributed by atoms with Crippen LogP contribution in [0.2, 0.25) is 0 Å². The van der Waals surface area contributed by atoms with Gasteiger partial charge in [-0.1, -0.05) is 26.0 Å². The third-order valence-electron chi connectivity index (χ3n) is 3.41. The number of rotatable bonds is 6. The lowest BCUT2D eigenvalue weighted by Crippen LogP contribution is -2.36. The van der Waals surface area contributed by atoms with Crippen LogP contribution in [0.4, 0.5) is 0 Å². The Hall–Kier alpha value is -1.65. The van der Waals surface area contributed by atoms with E-state index in [-0.39, 0.29) is 5.41 Å². The monoisotopic (exact) mass is 272 g/mol. The van der Waals surface area contributed by atoms with Crippen molar-refractivity contribution in [3.8, 4) is 5.69 Å². The van der Waals surface area contributed by atoms with Gasteiger partial charge in [-0.15, -0.1) is 0 Å². The van der Waals surface area contributed by atoms with Crippen LogP contribution in [0.15, 0.2) is 42.7 Å². The Bertz CT molecular complexity index is 514. The summed E-state index contributed by atoms with van der Waals surface area (Å²) in [6.45, 7) is 7.03. The maximum Gasteiger partial charge on any atom is 0.0645 e. The van der Waals surface area contributed by atoms with Gasteiger partial charge >= 0.3 is 0 Å². The van der Waals surface area contributed by atoms with Crippen LogP contribution >= 0.6 is 0 Å². The molecular weight excluding hydrogens is 248 g/mol. The first-order chi connectivity index (χ1) is 9.50. The molecule has 0 aliphatic rings. The Balaban J connectivity index is 1.97. The molecule has 0 amide bonds. The van der Waals surface area contributed by atoms with E-state index in [1.165, 1.54) is 5.56 Å². The highest BCUT2D eigenvalue weighted by atomic mass is 15.3. The minimum absolute atomic E-state index is 0.156. The Morgan fingerprint density at radius 3 is 2.50 bits per heavy atom. The van der Waals surface area contributed by atoms with Gasteiger partial charge in [-0.2, -0.15) is 5.10 Å². The Kier molecular flexibility index (Phi) is 4.57. The quantitative estimate of drug-likeness (QED) is 0.877. The fraction of sp³-hybridized carbons (Fsp3) is 0.438. The topological polar surface area (TPSA) is 47.1 Å². The molecule has 0 unspecified atom stereocenters. The fourth-order valence-corrected chi connectivity index (χ4v) is 2.34. The standard InChI is InChI=1S/C16H24N4/c1-16(2,12-17)13-19(3)11-14-5-7-15(8-6-14)20-10-4-9-18-20/h4-10H,11-13,17H2,1-3H3. The summed E-state index contributed by atoms with van der Waals surface area (Å²) in [5.41, 5.74) is 8.33. The number of hydrogen-bond donors (Lipinski definition) is 1. The summed E-state index contributed by atoms with van der Waals surface area (Å²) in [4.78, 5) is 2.32. The Morgan fingerprint density at radius 1 is 1.25 bits per heavy atom. The van der Waals surface area contributed by atoms with Crippen molar-refractivity contribution < 1.29 is 0 Å². The summed E-state index contributed by atoms with van der Waals surface area (Å²) in [6.07, 6.45) is 3.74. The van der Waals surface area contributed by atoms with Crippen molar-refractivity contribution in [2.45, 2.75) is 20.4 Å². The lowest BCUT2D eigenvalue weighted by Gasteiger charge is -2.29. The molecule has 108 valence electrons. The maximum absolute atomic E-state index is 5.79. The molecule has 1 aromatic carbocycles. The van der Waals surface area contributed by atoms with Crippen molar-refractivity contribution in [2.24, 2.45) is 11.1 Å². The first-order valence-corrected chi connectivity index (χ1v) is 6.98. The zero-order chi connectivity index (χ0) is 14.6. The number of aromatic nitrogens is 2. The summed E-state index contributed by atoms with van der Waals surface area (Å²) < 4.78 is 1.87. The summed E-state index contributed by atoms with van der Waals surface area (Å²) in [6, 6.07) is 10.4. The van der Waals surface area contributed by atoms with Gasteiger partial charge in [0.1, 0.15) is 0 Å². The van der Waals surface area contributed by atoms with E-state index in [1.807, 2.05) is 16.9 Å². The molecule has 0 radical (unpaired) electrons. The average molecular weight is 272 g/mol. The van der Waals surface area contributed by atoms with Gasteiger partial charge in [0.05, 0.1) is 5.69 Å². The van der Waals surface area contributed by atoms with E-state index in [9.17, 15) is 0 Å². The highest BCUT2D eigenvalue weighted by Gasteiger charge is 2.17. The molecule has 20 heavy (non-hydrogen) atoms. The first-order valence-electron chi connectivity index (χ1n) is 6.98. The van der Waals surface area contributed by atoms with Crippen molar-refractivity contribution in [1.29, 1.82) is 0 Å². The predicted octanol–water partition coefficient (Wildman–Crippen LogP) is 2.29. The van der Waals surface area contributed by atoms with Crippen LogP contribution in [0.5, 0.6) is 0 Å². The first kappa shape index (κ1) is 14.8. The molecule has 2 N–H and O–H groups in total. The van der Waals surface area contributed by atoms with E-state index < -0.39 is 0 Å². The molecule has 0 bridgehead atoms. The van der Waals surface area contributed by atoms with E-state index in [0.717, 1.165) is 18.8 Å². The second-order valence-electron chi connectivity index (χ2n) is 6.16.